The van der Waals surface area contributed by atoms with Gasteiger partial charge in [0.25, 0.3) is 0 Å². The van der Waals surface area contributed by atoms with E-state index in [1.807, 2.05) is 0 Å². The van der Waals surface area contributed by atoms with Crippen molar-refractivity contribution >= 4 is 11.6 Å². The fourth-order valence-corrected chi connectivity index (χ4v) is 0.306. The minimum atomic E-state index is -0.0903. The Morgan fingerprint density at radius 2 is 2.25 bits per heavy atom. The first kappa shape index (κ1) is 7.14. The zero-order valence-corrected chi connectivity index (χ0v) is 5.14. The summed E-state index contributed by atoms with van der Waals surface area (Å²) in [6, 6.07) is 0. The normalized spacial score (nSPS) is 11.5. The van der Waals surface area contributed by atoms with Crippen molar-refractivity contribution in [3.05, 3.63) is 0 Å². The van der Waals surface area contributed by atoms with E-state index in [1.165, 1.54) is 7.05 Å². The number of rotatable bonds is 2. The van der Waals surface area contributed by atoms with Gasteiger partial charge in [-0.15, -0.1) is 0 Å². The van der Waals surface area contributed by atoms with Crippen molar-refractivity contribution in [3.63, 3.8) is 0 Å². The van der Waals surface area contributed by atoms with Crippen molar-refractivity contribution in [1.82, 2.24) is 0 Å². The average Bonchev–Trinajstić information content (AvgIpc) is 1.84. The van der Waals surface area contributed by atoms with E-state index in [0.717, 1.165) is 0 Å². The number of carbonyl (C=O) groups is 1. The highest BCUT2D eigenvalue weighted by atomic mass is 16.1. The van der Waals surface area contributed by atoms with E-state index < -0.39 is 0 Å². The molecule has 0 fully saturated rings. The Balaban J connectivity index is 3.83. The highest BCUT2D eigenvalue weighted by molar-refractivity contribution is 6.38. The maximum atomic E-state index is 10.5. The first-order valence-electron chi connectivity index (χ1n) is 2.47. The van der Waals surface area contributed by atoms with Crippen LogP contribution < -0.4 is 5.73 Å². The standard InChI is InChI=1S/C5H10N2O/c1-3-4(8)5(6)7-2/h3H2,1-2H3,(H2,6,7). The van der Waals surface area contributed by atoms with Gasteiger partial charge in [-0.3, -0.25) is 9.79 Å². The lowest BCUT2D eigenvalue weighted by molar-refractivity contribution is -0.112. The lowest BCUT2D eigenvalue weighted by Gasteiger charge is -1.90. The van der Waals surface area contributed by atoms with Crippen LogP contribution in [0.3, 0.4) is 0 Å². The molecule has 0 atom stereocenters. The van der Waals surface area contributed by atoms with Crippen LogP contribution in [0, 0.1) is 0 Å². The fourth-order valence-electron chi connectivity index (χ4n) is 0.306. The van der Waals surface area contributed by atoms with Crippen LogP contribution in [-0.4, -0.2) is 18.7 Å². The van der Waals surface area contributed by atoms with E-state index in [4.69, 9.17) is 5.73 Å². The Labute approximate surface area is 48.6 Å². The summed E-state index contributed by atoms with van der Waals surface area (Å²) in [6.45, 7) is 1.75. The lowest BCUT2D eigenvalue weighted by Crippen LogP contribution is -2.22. The molecule has 0 aliphatic heterocycles. The maximum absolute atomic E-state index is 10.5. The molecule has 8 heavy (non-hydrogen) atoms. The van der Waals surface area contributed by atoms with Gasteiger partial charge >= 0.3 is 0 Å². The highest BCUT2D eigenvalue weighted by Gasteiger charge is 1.99. The fraction of sp³-hybridized carbons (Fsp3) is 0.600. The Morgan fingerprint density at radius 1 is 1.75 bits per heavy atom. The zero-order valence-electron chi connectivity index (χ0n) is 5.14. The number of ketones is 1. The molecule has 0 radical (unpaired) electrons. The van der Waals surface area contributed by atoms with Crippen LogP contribution in [0.1, 0.15) is 13.3 Å². The van der Waals surface area contributed by atoms with E-state index in [2.05, 4.69) is 4.99 Å². The van der Waals surface area contributed by atoms with Gasteiger partial charge in [-0.1, -0.05) is 6.92 Å². The number of hydrogen-bond acceptors (Lipinski definition) is 2. The number of hydrogen-bond donors (Lipinski definition) is 1. The van der Waals surface area contributed by atoms with Crippen LogP contribution >= 0.6 is 0 Å². The molecule has 0 aromatic carbocycles. The van der Waals surface area contributed by atoms with E-state index in [0.29, 0.717) is 6.42 Å². The van der Waals surface area contributed by atoms with E-state index in [9.17, 15) is 4.79 Å². The number of Topliss-reactive ketones (excluding diaryl/α,β-unsaturated/α-hetero) is 1. The van der Waals surface area contributed by atoms with Crippen LogP contribution in [0.25, 0.3) is 0 Å². The topological polar surface area (TPSA) is 55.5 Å². The van der Waals surface area contributed by atoms with Gasteiger partial charge in [-0.05, 0) is 0 Å². The molecule has 0 aliphatic rings. The summed E-state index contributed by atoms with van der Waals surface area (Å²) < 4.78 is 0. The molecule has 0 spiro atoms. The Hall–Kier alpha value is -0.860. The van der Waals surface area contributed by atoms with Gasteiger partial charge in [0, 0.05) is 13.5 Å². The average molecular weight is 114 g/mol. The number of amidine groups is 1. The summed E-state index contributed by atoms with van der Waals surface area (Å²) in [7, 11) is 1.50. The molecule has 0 rings (SSSR count). The second kappa shape index (κ2) is 3.18. The second-order valence-corrected chi connectivity index (χ2v) is 1.39. The molecule has 0 heterocycles. The predicted octanol–water partition coefficient (Wildman–Crippen LogP) is -0.0475. The zero-order chi connectivity index (χ0) is 6.57. The molecule has 2 N–H and O–H groups in total. The van der Waals surface area contributed by atoms with Crippen LogP contribution in [0.15, 0.2) is 4.99 Å². The summed E-state index contributed by atoms with van der Waals surface area (Å²) in [5.74, 6) is 0.0278. The minimum absolute atomic E-state index is 0.0903. The molecular weight excluding hydrogens is 104 g/mol. The quantitative estimate of drug-likeness (QED) is 0.404. The van der Waals surface area contributed by atoms with E-state index in [1.54, 1.807) is 6.92 Å². The van der Waals surface area contributed by atoms with Crippen LogP contribution in [0.2, 0.25) is 0 Å². The van der Waals surface area contributed by atoms with Gasteiger partial charge in [-0.2, -0.15) is 0 Å². The van der Waals surface area contributed by atoms with E-state index in [-0.39, 0.29) is 11.6 Å². The largest absolute Gasteiger partial charge is 0.381 e. The van der Waals surface area contributed by atoms with Gasteiger partial charge < -0.3 is 5.73 Å². The maximum Gasteiger partial charge on any atom is 0.196 e. The van der Waals surface area contributed by atoms with E-state index >= 15 is 0 Å². The molecule has 0 bridgehead atoms. The summed E-state index contributed by atoms with van der Waals surface area (Å²) >= 11 is 0. The molecular formula is C5H10N2O. The third-order valence-corrected chi connectivity index (χ3v) is 0.848. The van der Waals surface area contributed by atoms with Gasteiger partial charge in [0.15, 0.2) is 11.6 Å². The number of nitrogens with two attached hydrogens (primary N) is 1. The van der Waals surface area contributed by atoms with Crippen molar-refractivity contribution in [1.29, 1.82) is 0 Å². The SMILES string of the molecule is CCC(=O)C(N)=NC. The van der Waals surface area contributed by atoms with Crippen molar-refractivity contribution < 1.29 is 4.79 Å². The van der Waals surface area contributed by atoms with Crippen molar-refractivity contribution in [3.8, 4) is 0 Å². The molecule has 0 aromatic rings. The molecule has 3 nitrogen and oxygen atoms in total. The highest BCUT2D eigenvalue weighted by Crippen LogP contribution is 1.78. The van der Waals surface area contributed by atoms with Gasteiger partial charge in [0.05, 0.1) is 0 Å². The predicted molar refractivity (Wildman–Crippen MR) is 32.8 cm³/mol. The third-order valence-electron chi connectivity index (χ3n) is 0.848. The third kappa shape index (κ3) is 1.73. The molecule has 0 unspecified atom stereocenters. The molecule has 46 valence electrons. The van der Waals surface area contributed by atoms with Crippen molar-refractivity contribution in [2.24, 2.45) is 10.7 Å². The van der Waals surface area contributed by atoms with Gasteiger partial charge in [0.2, 0.25) is 0 Å². The smallest absolute Gasteiger partial charge is 0.196 e. The van der Waals surface area contributed by atoms with Crippen LogP contribution in [0.5, 0.6) is 0 Å². The molecule has 0 aromatic heterocycles. The molecule has 0 saturated heterocycles. The molecule has 0 saturated carbocycles. The molecule has 0 amide bonds. The molecule has 0 aliphatic carbocycles. The monoisotopic (exact) mass is 114 g/mol. The summed E-state index contributed by atoms with van der Waals surface area (Å²) in [6.07, 6.45) is 0.434. The lowest BCUT2D eigenvalue weighted by atomic mass is 10.3. The van der Waals surface area contributed by atoms with Gasteiger partial charge in [-0.25, -0.2) is 0 Å². The second-order valence-electron chi connectivity index (χ2n) is 1.39. The van der Waals surface area contributed by atoms with Crippen LogP contribution in [-0.2, 0) is 4.79 Å². The summed E-state index contributed by atoms with van der Waals surface area (Å²) in [5, 5.41) is 0. The number of aliphatic imine (C=N–C) groups is 1. The molecule has 3 heteroatoms. The summed E-state index contributed by atoms with van der Waals surface area (Å²) in [4.78, 5) is 14.0. The van der Waals surface area contributed by atoms with Crippen LogP contribution in [0.4, 0.5) is 0 Å². The van der Waals surface area contributed by atoms with Crippen molar-refractivity contribution in [2.75, 3.05) is 7.05 Å². The Bertz CT molecular complexity index is 118. The summed E-state index contributed by atoms with van der Waals surface area (Å²) in [5.41, 5.74) is 5.13. The minimum Gasteiger partial charge on any atom is -0.381 e. The number of nitrogens with zero attached hydrogens (tertiary/aromatic N) is 1. The Morgan fingerprint density at radius 3 is 2.38 bits per heavy atom. The first-order valence-corrected chi connectivity index (χ1v) is 2.47. The van der Waals surface area contributed by atoms with Gasteiger partial charge in [0.1, 0.15) is 0 Å². The Kier molecular flexibility index (Phi) is 2.84. The first-order chi connectivity index (χ1) is 3.72. The van der Waals surface area contributed by atoms with Crippen molar-refractivity contribution in [2.45, 2.75) is 13.3 Å². The number of carbonyl (C=O) groups excluding carboxylic acids is 1.